The van der Waals surface area contributed by atoms with Crippen LogP contribution in [0.4, 0.5) is 0 Å². The second-order valence-corrected chi connectivity index (χ2v) is 5.87. The smallest absolute Gasteiger partial charge is 0.173 e. The van der Waals surface area contributed by atoms with Crippen LogP contribution in [0.2, 0.25) is 0 Å². The molecule has 0 unspecified atom stereocenters. The average molecular weight is 478 g/mol. The van der Waals surface area contributed by atoms with E-state index in [1.165, 1.54) is 0 Å². The number of nitrogens with zero attached hydrogens (tertiary/aromatic N) is 2. The first-order chi connectivity index (χ1) is 12.7. The summed E-state index contributed by atoms with van der Waals surface area (Å²) in [6, 6.07) is 18.2. The Morgan fingerprint density at radius 3 is 1.27 bits per heavy atom. The van der Waals surface area contributed by atoms with E-state index in [1.54, 1.807) is 49.1 Å². The fraction of sp³-hybridized carbons (Fsp3) is 0.100. The Bertz CT molecular complexity index is 653. The molecule has 3 aromatic rings. The maximum atomic E-state index is 11.3. The minimum atomic E-state index is -0.0192. The van der Waals surface area contributed by atoms with Gasteiger partial charge in [-0.05, 0) is 30.3 Å². The van der Waals surface area contributed by atoms with Gasteiger partial charge in [0.15, 0.2) is 11.6 Å². The Balaban J connectivity index is 0.000000230. The molecule has 0 amide bonds. The molecule has 0 aliphatic rings. The molecule has 0 bridgehead atoms. The lowest BCUT2D eigenvalue weighted by atomic mass is 10.1. The largest absolute Gasteiger partial charge is 0.293 e. The minimum absolute atomic E-state index is 0.0192. The van der Waals surface area contributed by atoms with Crippen molar-refractivity contribution in [2.45, 2.75) is 0 Å². The van der Waals surface area contributed by atoms with Gasteiger partial charge in [0.05, 0.1) is 10.7 Å². The standard InChI is InChI=1S/C10H8Br2O2.2C5H5N/c11-5-9(13)7-2-1-3-8(4-7)10(14)6-12;2*1-2-4-6-5-3-1/h1-4H,5-6H2;2*1-5H. The zero-order chi connectivity index (χ0) is 19.0. The van der Waals surface area contributed by atoms with Crippen molar-refractivity contribution in [3.63, 3.8) is 0 Å². The lowest BCUT2D eigenvalue weighted by Gasteiger charge is -2.00. The highest BCUT2D eigenvalue weighted by Crippen LogP contribution is 2.09. The van der Waals surface area contributed by atoms with Crippen molar-refractivity contribution in [3.05, 3.63) is 96.6 Å². The van der Waals surface area contributed by atoms with Crippen LogP contribution in [-0.4, -0.2) is 32.2 Å². The highest BCUT2D eigenvalue weighted by molar-refractivity contribution is 9.09. The molecule has 6 heteroatoms. The van der Waals surface area contributed by atoms with Gasteiger partial charge in [-0.1, -0.05) is 62.2 Å². The third-order valence-electron chi connectivity index (χ3n) is 2.88. The summed E-state index contributed by atoms with van der Waals surface area (Å²) in [5.74, 6) is -0.0385. The monoisotopic (exact) mass is 476 g/mol. The summed E-state index contributed by atoms with van der Waals surface area (Å²) in [5.41, 5.74) is 1.13. The van der Waals surface area contributed by atoms with E-state index in [-0.39, 0.29) is 22.2 Å². The second-order valence-electron chi connectivity index (χ2n) is 4.74. The normalized spacial score (nSPS) is 9.00. The maximum absolute atomic E-state index is 11.3. The summed E-state index contributed by atoms with van der Waals surface area (Å²) >= 11 is 6.17. The van der Waals surface area contributed by atoms with Gasteiger partial charge in [-0.2, -0.15) is 0 Å². The number of aromatic nitrogens is 2. The van der Waals surface area contributed by atoms with Gasteiger partial charge in [-0.15, -0.1) is 0 Å². The zero-order valence-electron chi connectivity index (χ0n) is 14.0. The van der Waals surface area contributed by atoms with E-state index in [9.17, 15) is 9.59 Å². The molecule has 26 heavy (non-hydrogen) atoms. The minimum Gasteiger partial charge on any atom is -0.293 e. The van der Waals surface area contributed by atoms with Gasteiger partial charge in [-0.3, -0.25) is 19.6 Å². The third kappa shape index (κ3) is 9.34. The highest BCUT2D eigenvalue weighted by Gasteiger charge is 2.08. The topological polar surface area (TPSA) is 59.9 Å². The maximum Gasteiger partial charge on any atom is 0.173 e. The van der Waals surface area contributed by atoms with Crippen LogP contribution < -0.4 is 0 Å². The Labute approximate surface area is 170 Å². The predicted octanol–water partition coefficient (Wildman–Crippen LogP) is 5.01. The molecule has 0 aliphatic carbocycles. The van der Waals surface area contributed by atoms with Crippen LogP contribution in [0.15, 0.2) is 85.5 Å². The number of rotatable bonds is 4. The van der Waals surface area contributed by atoms with Crippen LogP contribution >= 0.6 is 31.9 Å². The summed E-state index contributed by atoms with van der Waals surface area (Å²) in [4.78, 5) is 30.2. The SMILES string of the molecule is O=C(CBr)c1cccc(C(=O)CBr)c1.c1ccncc1.c1ccncc1. The first-order valence-corrected chi connectivity index (χ1v) is 9.91. The molecule has 0 N–H and O–H groups in total. The molecular weight excluding hydrogens is 460 g/mol. The van der Waals surface area contributed by atoms with Crippen molar-refractivity contribution in [2.75, 3.05) is 10.7 Å². The van der Waals surface area contributed by atoms with Crippen molar-refractivity contribution in [1.82, 2.24) is 9.97 Å². The summed E-state index contributed by atoms with van der Waals surface area (Å²) in [6.45, 7) is 0. The van der Waals surface area contributed by atoms with E-state index in [0.717, 1.165) is 0 Å². The molecule has 0 saturated heterocycles. The Hall–Kier alpha value is -2.18. The lowest BCUT2D eigenvalue weighted by molar-refractivity contribution is 0.102. The highest BCUT2D eigenvalue weighted by atomic mass is 79.9. The molecule has 0 radical (unpaired) electrons. The van der Waals surface area contributed by atoms with Crippen LogP contribution in [0.25, 0.3) is 0 Å². The van der Waals surface area contributed by atoms with Gasteiger partial charge in [0.1, 0.15) is 0 Å². The van der Waals surface area contributed by atoms with Gasteiger partial charge in [0, 0.05) is 35.9 Å². The first kappa shape index (κ1) is 21.9. The fourth-order valence-electron chi connectivity index (χ4n) is 1.65. The third-order valence-corrected chi connectivity index (χ3v) is 3.90. The molecule has 4 nitrogen and oxygen atoms in total. The second kappa shape index (κ2) is 14.0. The van der Waals surface area contributed by atoms with E-state index in [0.29, 0.717) is 11.1 Å². The number of Topliss-reactive ketones (excluding diaryl/α,β-unsaturated/α-hetero) is 2. The molecule has 0 spiro atoms. The predicted molar refractivity (Wildman–Crippen MR) is 111 cm³/mol. The van der Waals surface area contributed by atoms with Crippen LogP contribution in [-0.2, 0) is 0 Å². The summed E-state index contributed by atoms with van der Waals surface area (Å²) in [6.07, 6.45) is 7.00. The van der Waals surface area contributed by atoms with Crippen LogP contribution in [0.1, 0.15) is 20.7 Å². The molecule has 0 fully saturated rings. The van der Waals surface area contributed by atoms with Crippen LogP contribution in [0, 0.1) is 0 Å². The number of carbonyl (C=O) groups excluding carboxylic acids is 2. The number of ketones is 2. The summed E-state index contributed by atoms with van der Waals surface area (Å²) < 4.78 is 0. The Kier molecular flexibility index (Phi) is 11.8. The Morgan fingerprint density at radius 2 is 1.04 bits per heavy atom. The van der Waals surface area contributed by atoms with E-state index >= 15 is 0 Å². The molecule has 2 aromatic heterocycles. The van der Waals surface area contributed by atoms with Crippen LogP contribution in [0.3, 0.4) is 0 Å². The summed E-state index contributed by atoms with van der Waals surface area (Å²) in [5, 5.41) is 0.553. The van der Waals surface area contributed by atoms with Crippen molar-refractivity contribution in [1.29, 1.82) is 0 Å². The van der Waals surface area contributed by atoms with Gasteiger partial charge in [0.25, 0.3) is 0 Å². The lowest BCUT2D eigenvalue weighted by Crippen LogP contribution is -2.04. The van der Waals surface area contributed by atoms with Crippen molar-refractivity contribution < 1.29 is 9.59 Å². The summed E-state index contributed by atoms with van der Waals surface area (Å²) in [7, 11) is 0. The average Bonchev–Trinajstić information content (AvgIpc) is 2.76. The number of hydrogen-bond donors (Lipinski definition) is 0. The molecular formula is C20H18Br2N2O2. The molecule has 0 atom stereocenters. The fourth-order valence-corrected chi connectivity index (χ4v) is 2.29. The molecule has 134 valence electrons. The Morgan fingerprint density at radius 1 is 0.654 bits per heavy atom. The van der Waals surface area contributed by atoms with Gasteiger partial charge >= 0.3 is 0 Å². The first-order valence-electron chi connectivity index (χ1n) is 7.67. The van der Waals surface area contributed by atoms with E-state index < -0.39 is 0 Å². The number of benzene rings is 1. The molecule has 0 aliphatic heterocycles. The number of halogens is 2. The number of hydrogen-bond acceptors (Lipinski definition) is 4. The molecule has 0 saturated carbocycles. The van der Waals surface area contributed by atoms with Crippen LogP contribution in [0.5, 0.6) is 0 Å². The van der Waals surface area contributed by atoms with Crippen molar-refractivity contribution in [2.24, 2.45) is 0 Å². The number of alkyl halides is 2. The molecule has 2 heterocycles. The molecule has 1 aromatic carbocycles. The van der Waals surface area contributed by atoms with Gasteiger partial charge in [0.2, 0.25) is 0 Å². The van der Waals surface area contributed by atoms with E-state index in [1.807, 2.05) is 36.4 Å². The number of pyridine rings is 2. The van der Waals surface area contributed by atoms with Gasteiger partial charge < -0.3 is 0 Å². The number of carbonyl (C=O) groups is 2. The van der Waals surface area contributed by atoms with E-state index in [2.05, 4.69) is 41.8 Å². The van der Waals surface area contributed by atoms with Crippen molar-refractivity contribution >= 4 is 43.4 Å². The van der Waals surface area contributed by atoms with Crippen molar-refractivity contribution in [3.8, 4) is 0 Å². The van der Waals surface area contributed by atoms with E-state index in [4.69, 9.17) is 0 Å². The quantitative estimate of drug-likeness (QED) is 0.391. The van der Waals surface area contributed by atoms with Gasteiger partial charge in [-0.25, -0.2) is 0 Å². The molecule has 3 rings (SSSR count). The zero-order valence-corrected chi connectivity index (χ0v) is 17.1.